The van der Waals surface area contributed by atoms with Crippen LogP contribution in [0.25, 0.3) is 6.08 Å². The van der Waals surface area contributed by atoms with E-state index in [1.807, 2.05) is 0 Å². The van der Waals surface area contributed by atoms with Gasteiger partial charge in [-0.05, 0) is 30.3 Å². The predicted octanol–water partition coefficient (Wildman–Crippen LogP) is 3.76. The molecule has 1 aromatic heterocycles. The van der Waals surface area contributed by atoms with Gasteiger partial charge in [-0.2, -0.15) is 0 Å². The van der Waals surface area contributed by atoms with E-state index >= 15 is 0 Å². The highest BCUT2D eigenvalue weighted by Gasteiger charge is 2.07. The summed E-state index contributed by atoms with van der Waals surface area (Å²) in [5, 5.41) is 8.60. The average Bonchev–Trinajstić information content (AvgIpc) is 2.42. The summed E-state index contributed by atoms with van der Waals surface area (Å²) in [5.41, 5.74) is 0.463. The molecule has 0 aliphatic rings. The SMILES string of the molecule is O=C(O)/C=C/c1cccnc1Oc1ccc(Cl)c(F)c1. The third-order valence-corrected chi connectivity index (χ3v) is 2.62. The minimum absolute atomic E-state index is 0.00985. The summed E-state index contributed by atoms with van der Waals surface area (Å²) >= 11 is 5.58. The summed E-state index contributed by atoms with van der Waals surface area (Å²) in [6, 6.07) is 7.25. The number of carbonyl (C=O) groups is 1. The minimum Gasteiger partial charge on any atom is -0.478 e. The predicted molar refractivity (Wildman–Crippen MR) is 72.4 cm³/mol. The van der Waals surface area contributed by atoms with E-state index in [4.69, 9.17) is 21.4 Å². The van der Waals surface area contributed by atoms with Crippen molar-refractivity contribution in [2.75, 3.05) is 0 Å². The van der Waals surface area contributed by atoms with Crippen LogP contribution in [-0.4, -0.2) is 16.1 Å². The van der Waals surface area contributed by atoms with E-state index in [2.05, 4.69) is 4.98 Å². The van der Waals surface area contributed by atoms with Crippen LogP contribution < -0.4 is 4.74 Å². The van der Waals surface area contributed by atoms with Gasteiger partial charge in [-0.3, -0.25) is 0 Å². The number of aromatic nitrogens is 1. The normalized spacial score (nSPS) is 10.7. The molecule has 1 N–H and O–H groups in total. The van der Waals surface area contributed by atoms with E-state index in [-0.39, 0.29) is 16.7 Å². The van der Waals surface area contributed by atoms with Crippen LogP contribution in [-0.2, 0) is 4.79 Å². The Hall–Kier alpha value is -2.40. The first-order valence-electron chi connectivity index (χ1n) is 5.55. The molecule has 20 heavy (non-hydrogen) atoms. The van der Waals surface area contributed by atoms with E-state index in [9.17, 15) is 9.18 Å². The molecule has 102 valence electrons. The molecule has 0 atom stereocenters. The number of halogens is 2. The highest BCUT2D eigenvalue weighted by atomic mass is 35.5. The fourth-order valence-corrected chi connectivity index (χ4v) is 1.55. The Morgan fingerprint density at radius 2 is 2.20 bits per heavy atom. The molecule has 0 spiro atoms. The minimum atomic E-state index is -1.09. The fourth-order valence-electron chi connectivity index (χ4n) is 1.43. The fraction of sp³-hybridized carbons (Fsp3) is 0. The van der Waals surface area contributed by atoms with Crippen LogP contribution in [0.15, 0.2) is 42.6 Å². The van der Waals surface area contributed by atoms with Crippen molar-refractivity contribution >= 4 is 23.6 Å². The van der Waals surface area contributed by atoms with Crippen LogP contribution in [0.4, 0.5) is 4.39 Å². The summed E-state index contributed by atoms with van der Waals surface area (Å²) in [7, 11) is 0. The molecule has 0 radical (unpaired) electrons. The van der Waals surface area contributed by atoms with E-state index < -0.39 is 11.8 Å². The molecule has 2 rings (SSSR count). The molecule has 6 heteroatoms. The van der Waals surface area contributed by atoms with Gasteiger partial charge in [0.2, 0.25) is 5.88 Å². The third-order valence-electron chi connectivity index (χ3n) is 2.31. The highest BCUT2D eigenvalue weighted by Crippen LogP contribution is 2.26. The van der Waals surface area contributed by atoms with Gasteiger partial charge < -0.3 is 9.84 Å². The molecular weight excluding hydrogens is 285 g/mol. The maximum Gasteiger partial charge on any atom is 0.328 e. The van der Waals surface area contributed by atoms with Crippen molar-refractivity contribution in [1.29, 1.82) is 0 Å². The van der Waals surface area contributed by atoms with E-state index in [0.29, 0.717) is 5.56 Å². The number of carboxylic acid groups (broad SMARTS) is 1. The number of pyridine rings is 1. The lowest BCUT2D eigenvalue weighted by Crippen LogP contribution is -1.92. The van der Waals surface area contributed by atoms with Crippen LogP contribution >= 0.6 is 11.6 Å². The molecule has 4 nitrogen and oxygen atoms in total. The number of ether oxygens (including phenoxy) is 1. The Kier molecular flexibility index (Phi) is 4.32. The maximum atomic E-state index is 13.3. The summed E-state index contributed by atoms with van der Waals surface area (Å²) in [5.74, 6) is -1.30. The number of aliphatic carboxylic acids is 1. The lowest BCUT2D eigenvalue weighted by molar-refractivity contribution is -0.131. The molecule has 1 aromatic carbocycles. The van der Waals surface area contributed by atoms with Crippen molar-refractivity contribution < 1.29 is 19.0 Å². The number of rotatable bonds is 4. The highest BCUT2D eigenvalue weighted by molar-refractivity contribution is 6.30. The molecule has 0 bridgehead atoms. The van der Waals surface area contributed by atoms with Crippen LogP contribution in [0.1, 0.15) is 5.56 Å². The van der Waals surface area contributed by atoms with Gasteiger partial charge in [0.05, 0.1) is 5.02 Å². The molecule has 1 heterocycles. The standard InChI is InChI=1S/C14H9ClFNO3/c15-11-5-4-10(8-12(11)16)20-14-9(2-1-7-17-14)3-6-13(18)19/h1-8H,(H,18,19)/b6-3+. The Bertz CT molecular complexity index is 673. The first-order valence-corrected chi connectivity index (χ1v) is 5.93. The smallest absolute Gasteiger partial charge is 0.328 e. The third kappa shape index (κ3) is 3.55. The number of carboxylic acids is 1. The second kappa shape index (κ2) is 6.16. The largest absolute Gasteiger partial charge is 0.478 e. The molecule has 0 aliphatic carbocycles. The molecule has 0 fully saturated rings. The molecule has 2 aromatic rings. The van der Waals surface area contributed by atoms with Crippen molar-refractivity contribution in [2.24, 2.45) is 0 Å². The Balaban J connectivity index is 2.29. The van der Waals surface area contributed by atoms with Crippen LogP contribution in [0.2, 0.25) is 5.02 Å². The Morgan fingerprint density at radius 1 is 1.40 bits per heavy atom. The summed E-state index contributed by atoms with van der Waals surface area (Å²) in [6.45, 7) is 0. The van der Waals surface area contributed by atoms with Crippen molar-refractivity contribution in [2.45, 2.75) is 0 Å². The van der Waals surface area contributed by atoms with Gasteiger partial charge in [-0.25, -0.2) is 14.2 Å². The first kappa shape index (κ1) is 14.0. The van der Waals surface area contributed by atoms with E-state index in [1.165, 1.54) is 24.4 Å². The van der Waals surface area contributed by atoms with Gasteiger partial charge in [0.25, 0.3) is 0 Å². The van der Waals surface area contributed by atoms with E-state index in [0.717, 1.165) is 12.1 Å². The second-order valence-corrected chi connectivity index (χ2v) is 4.15. The molecular formula is C14H9ClFNO3. The average molecular weight is 294 g/mol. The maximum absolute atomic E-state index is 13.3. The quantitative estimate of drug-likeness (QED) is 0.872. The molecule has 0 amide bonds. The van der Waals surface area contributed by atoms with Crippen LogP contribution in [0.5, 0.6) is 11.6 Å². The number of hydrogen-bond acceptors (Lipinski definition) is 3. The van der Waals surface area contributed by atoms with Crippen LogP contribution in [0.3, 0.4) is 0 Å². The zero-order valence-electron chi connectivity index (χ0n) is 10.1. The van der Waals surface area contributed by atoms with Crippen molar-refractivity contribution in [1.82, 2.24) is 4.98 Å². The Labute approximate surface area is 119 Å². The molecule has 0 saturated heterocycles. The van der Waals surface area contributed by atoms with E-state index in [1.54, 1.807) is 12.1 Å². The first-order chi connectivity index (χ1) is 9.56. The monoisotopic (exact) mass is 293 g/mol. The molecule has 0 saturated carbocycles. The second-order valence-electron chi connectivity index (χ2n) is 3.75. The van der Waals surface area contributed by atoms with Crippen molar-refractivity contribution in [3.05, 3.63) is 59.0 Å². The van der Waals surface area contributed by atoms with Gasteiger partial charge in [-0.15, -0.1) is 0 Å². The molecule has 0 unspecified atom stereocenters. The van der Waals surface area contributed by atoms with Gasteiger partial charge in [0, 0.05) is 23.9 Å². The van der Waals surface area contributed by atoms with Crippen molar-refractivity contribution in [3.8, 4) is 11.6 Å². The zero-order valence-corrected chi connectivity index (χ0v) is 10.8. The lowest BCUT2D eigenvalue weighted by atomic mass is 10.2. The number of benzene rings is 1. The zero-order chi connectivity index (χ0) is 14.5. The van der Waals surface area contributed by atoms with Gasteiger partial charge in [0.1, 0.15) is 11.6 Å². The van der Waals surface area contributed by atoms with Gasteiger partial charge >= 0.3 is 5.97 Å². The van der Waals surface area contributed by atoms with Gasteiger partial charge in [-0.1, -0.05) is 11.6 Å². The summed E-state index contributed by atoms with van der Waals surface area (Å²) in [6.07, 6.45) is 3.79. The summed E-state index contributed by atoms with van der Waals surface area (Å²) in [4.78, 5) is 14.5. The molecule has 0 aliphatic heterocycles. The topological polar surface area (TPSA) is 59.4 Å². The Morgan fingerprint density at radius 3 is 2.90 bits per heavy atom. The lowest BCUT2D eigenvalue weighted by Gasteiger charge is -2.07. The van der Waals surface area contributed by atoms with Gasteiger partial charge in [0.15, 0.2) is 0 Å². The number of nitrogens with zero attached hydrogens (tertiary/aromatic N) is 1. The summed E-state index contributed by atoms with van der Waals surface area (Å²) < 4.78 is 18.7. The number of hydrogen-bond donors (Lipinski definition) is 1. The van der Waals surface area contributed by atoms with Crippen LogP contribution in [0, 0.1) is 5.82 Å². The van der Waals surface area contributed by atoms with Crippen molar-refractivity contribution in [3.63, 3.8) is 0 Å².